The number of fused-ring (bicyclic) bond motifs is 1. The Kier molecular flexibility index (Phi) is 3.13. The van der Waals surface area contributed by atoms with Crippen molar-refractivity contribution in [3.63, 3.8) is 0 Å². The van der Waals surface area contributed by atoms with Gasteiger partial charge in [-0.1, -0.05) is 55.3 Å². The van der Waals surface area contributed by atoms with Crippen molar-refractivity contribution in [3.8, 4) is 0 Å². The van der Waals surface area contributed by atoms with Crippen LogP contribution in [0.25, 0.3) is 0 Å². The van der Waals surface area contributed by atoms with Crippen LogP contribution in [-0.4, -0.2) is 17.4 Å². The van der Waals surface area contributed by atoms with E-state index in [-0.39, 0.29) is 11.5 Å². The summed E-state index contributed by atoms with van der Waals surface area (Å²) in [7, 11) is 0. The lowest BCUT2D eigenvalue weighted by Crippen LogP contribution is -2.68. The van der Waals surface area contributed by atoms with Gasteiger partial charge in [-0.25, -0.2) is 0 Å². The van der Waals surface area contributed by atoms with Gasteiger partial charge in [-0.05, 0) is 31.2 Å². The van der Waals surface area contributed by atoms with Crippen molar-refractivity contribution >= 4 is 5.91 Å². The molecule has 2 aliphatic carbocycles. The van der Waals surface area contributed by atoms with Gasteiger partial charge in [0.15, 0.2) is 0 Å². The molecule has 0 aromatic heterocycles. The van der Waals surface area contributed by atoms with E-state index in [0.29, 0.717) is 11.8 Å². The number of carbonyl (C=O) groups excluding carboxylic acids is 1. The maximum Gasteiger partial charge on any atom is 0.227 e. The second-order valence-electron chi connectivity index (χ2n) is 6.82. The average Bonchev–Trinajstić information content (AvgIpc) is 3.04. The van der Waals surface area contributed by atoms with E-state index >= 15 is 0 Å². The quantitative estimate of drug-likeness (QED) is 0.753. The number of allylic oxidation sites excluding steroid dienone is 2. The maximum atomic E-state index is 12.9. The number of amides is 1. The van der Waals surface area contributed by atoms with Crippen LogP contribution in [0.3, 0.4) is 0 Å². The Balaban J connectivity index is 1.67. The van der Waals surface area contributed by atoms with Crippen molar-refractivity contribution in [3.05, 3.63) is 48.0 Å². The highest BCUT2D eigenvalue weighted by Gasteiger charge is 2.57. The fraction of sp³-hybridized carbons (Fsp3) is 0.526. The minimum absolute atomic E-state index is 0.0131. The predicted octanol–water partition coefficient (Wildman–Crippen LogP) is 3.88. The SMILES string of the molecule is O=C(C1CC=CC1)N1CC2CCCCC21c1ccccc1. The van der Waals surface area contributed by atoms with Crippen LogP contribution in [0.2, 0.25) is 0 Å². The molecular weight excluding hydrogens is 258 g/mol. The Morgan fingerprint density at radius 3 is 2.57 bits per heavy atom. The summed E-state index contributed by atoms with van der Waals surface area (Å²) in [4.78, 5) is 15.2. The van der Waals surface area contributed by atoms with Gasteiger partial charge in [0.05, 0.1) is 5.54 Å². The fourth-order valence-electron chi connectivity index (χ4n) is 4.69. The summed E-state index contributed by atoms with van der Waals surface area (Å²) in [5.74, 6) is 1.27. The summed E-state index contributed by atoms with van der Waals surface area (Å²) in [5, 5.41) is 0. The molecule has 1 saturated heterocycles. The first-order valence-corrected chi connectivity index (χ1v) is 8.34. The maximum absolute atomic E-state index is 12.9. The van der Waals surface area contributed by atoms with Gasteiger partial charge in [-0.2, -0.15) is 0 Å². The second-order valence-corrected chi connectivity index (χ2v) is 6.82. The molecule has 2 nitrogen and oxygen atoms in total. The highest BCUT2D eigenvalue weighted by atomic mass is 16.2. The summed E-state index contributed by atoms with van der Waals surface area (Å²) in [6, 6.07) is 10.8. The van der Waals surface area contributed by atoms with Crippen LogP contribution < -0.4 is 0 Å². The van der Waals surface area contributed by atoms with Crippen molar-refractivity contribution in [2.24, 2.45) is 11.8 Å². The van der Waals surface area contributed by atoms with E-state index in [4.69, 9.17) is 0 Å². The molecule has 0 N–H and O–H groups in total. The number of rotatable bonds is 2. The summed E-state index contributed by atoms with van der Waals surface area (Å²) in [5.41, 5.74) is 1.37. The summed E-state index contributed by atoms with van der Waals surface area (Å²) in [6.07, 6.45) is 11.2. The summed E-state index contributed by atoms with van der Waals surface area (Å²) in [6.45, 7) is 0.976. The normalized spacial score (nSPS) is 31.8. The Morgan fingerprint density at radius 1 is 1.10 bits per heavy atom. The molecule has 1 amide bonds. The zero-order valence-electron chi connectivity index (χ0n) is 12.5. The van der Waals surface area contributed by atoms with Crippen LogP contribution in [0, 0.1) is 11.8 Å². The van der Waals surface area contributed by atoms with E-state index in [2.05, 4.69) is 47.4 Å². The molecule has 0 spiro atoms. The molecule has 2 atom stereocenters. The van der Waals surface area contributed by atoms with Crippen LogP contribution >= 0.6 is 0 Å². The lowest BCUT2D eigenvalue weighted by molar-refractivity contribution is -0.170. The minimum Gasteiger partial charge on any atom is -0.332 e. The van der Waals surface area contributed by atoms with E-state index in [0.717, 1.165) is 25.8 Å². The van der Waals surface area contributed by atoms with Crippen LogP contribution in [-0.2, 0) is 10.3 Å². The smallest absolute Gasteiger partial charge is 0.227 e. The molecule has 1 aliphatic heterocycles. The Hall–Kier alpha value is -1.57. The van der Waals surface area contributed by atoms with Gasteiger partial charge in [0, 0.05) is 18.4 Å². The molecule has 2 heteroatoms. The van der Waals surface area contributed by atoms with Gasteiger partial charge in [-0.15, -0.1) is 0 Å². The number of nitrogens with zero attached hydrogens (tertiary/aromatic N) is 1. The molecule has 21 heavy (non-hydrogen) atoms. The molecule has 1 heterocycles. The zero-order valence-corrected chi connectivity index (χ0v) is 12.5. The van der Waals surface area contributed by atoms with Gasteiger partial charge in [0.1, 0.15) is 0 Å². The number of carbonyl (C=O) groups is 1. The van der Waals surface area contributed by atoms with Crippen molar-refractivity contribution in [2.45, 2.75) is 44.1 Å². The molecule has 1 saturated carbocycles. The third kappa shape index (κ3) is 1.88. The number of likely N-dealkylation sites (tertiary alicyclic amines) is 1. The lowest BCUT2D eigenvalue weighted by Gasteiger charge is -2.62. The van der Waals surface area contributed by atoms with Gasteiger partial charge in [-0.3, -0.25) is 4.79 Å². The molecule has 0 radical (unpaired) electrons. The minimum atomic E-state index is 0.0131. The molecule has 110 valence electrons. The van der Waals surface area contributed by atoms with Gasteiger partial charge in [0.2, 0.25) is 5.91 Å². The number of hydrogen-bond acceptors (Lipinski definition) is 1. The Bertz CT molecular complexity index is 556. The van der Waals surface area contributed by atoms with Crippen LogP contribution in [0.1, 0.15) is 44.1 Å². The van der Waals surface area contributed by atoms with E-state index in [1.54, 1.807) is 0 Å². The predicted molar refractivity (Wildman–Crippen MR) is 83.7 cm³/mol. The van der Waals surface area contributed by atoms with Crippen molar-refractivity contribution in [1.29, 1.82) is 0 Å². The highest BCUT2D eigenvalue weighted by molar-refractivity contribution is 5.82. The monoisotopic (exact) mass is 281 g/mol. The van der Waals surface area contributed by atoms with Crippen molar-refractivity contribution in [2.75, 3.05) is 6.54 Å². The largest absolute Gasteiger partial charge is 0.332 e. The van der Waals surface area contributed by atoms with Gasteiger partial charge >= 0.3 is 0 Å². The Morgan fingerprint density at radius 2 is 1.86 bits per heavy atom. The fourth-order valence-corrected chi connectivity index (χ4v) is 4.69. The number of hydrogen-bond donors (Lipinski definition) is 0. The molecular formula is C19H23NO. The van der Waals surface area contributed by atoms with Crippen molar-refractivity contribution in [1.82, 2.24) is 4.90 Å². The molecule has 1 aromatic carbocycles. The topological polar surface area (TPSA) is 20.3 Å². The molecule has 1 aromatic rings. The number of benzene rings is 1. The van der Waals surface area contributed by atoms with Crippen LogP contribution in [0.15, 0.2) is 42.5 Å². The molecule has 2 fully saturated rings. The standard InChI is InChI=1S/C19H23NO/c21-18(15-8-4-5-9-15)20-14-17-12-6-7-13-19(17,20)16-10-2-1-3-11-16/h1-5,10-11,15,17H,6-9,12-14H2. The van der Waals surface area contributed by atoms with Crippen LogP contribution in [0.5, 0.6) is 0 Å². The summed E-state index contributed by atoms with van der Waals surface area (Å²) >= 11 is 0. The first kappa shape index (κ1) is 13.1. The Labute approximate surface area is 126 Å². The van der Waals surface area contributed by atoms with E-state index < -0.39 is 0 Å². The molecule has 3 aliphatic rings. The van der Waals surface area contributed by atoms with Gasteiger partial charge in [0.25, 0.3) is 0 Å². The second kappa shape index (κ2) is 5.01. The zero-order chi connectivity index (χ0) is 14.3. The molecule has 4 rings (SSSR count). The molecule has 2 unspecified atom stereocenters. The molecule has 0 bridgehead atoms. The first-order valence-electron chi connectivity index (χ1n) is 8.34. The van der Waals surface area contributed by atoms with Gasteiger partial charge < -0.3 is 4.90 Å². The van der Waals surface area contributed by atoms with E-state index in [9.17, 15) is 4.79 Å². The van der Waals surface area contributed by atoms with Crippen molar-refractivity contribution < 1.29 is 4.79 Å². The third-order valence-corrected chi connectivity index (χ3v) is 5.82. The first-order chi connectivity index (χ1) is 10.3. The average molecular weight is 281 g/mol. The van der Waals surface area contributed by atoms with Crippen LogP contribution in [0.4, 0.5) is 0 Å². The highest BCUT2D eigenvalue weighted by Crippen LogP contribution is 2.54. The summed E-state index contributed by atoms with van der Waals surface area (Å²) < 4.78 is 0. The third-order valence-electron chi connectivity index (χ3n) is 5.82. The van der Waals surface area contributed by atoms with E-state index in [1.165, 1.54) is 24.8 Å². The van der Waals surface area contributed by atoms with E-state index in [1.807, 2.05) is 0 Å². The lowest BCUT2D eigenvalue weighted by atomic mass is 9.61.